The zero-order chi connectivity index (χ0) is 16.9. The molecule has 0 aromatic rings. The molecule has 4 N–H and O–H groups in total. The molecular formula is C15H21N3O4S. The summed E-state index contributed by atoms with van der Waals surface area (Å²) in [5.74, 6) is -1.33. The van der Waals surface area contributed by atoms with Crippen LogP contribution < -0.4 is 5.73 Å². The highest BCUT2D eigenvalue weighted by Crippen LogP contribution is 2.48. The molecule has 3 rings (SSSR count). The number of carboxylic acids is 1. The molecule has 7 nitrogen and oxygen atoms in total. The van der Waals surface area contributed by atoms with Gasteiger partial charge in [-0.2, -0.15) is 0 Å². The molecule has 0 aliphatic carbocycles. The number of β-lactam (4-membered cyclic amide) rings is 1. The van der Waals surface area contributed by atoms with Gasteiger partial charge >= 0.3 is 5.97 Å². The number of aliphatic carboxylic acids is 1. The van der Waals surface area contributed by atoms with Crippen LogP contribution in [0.3, 0.4) is 0 Å². The van der Waals surface area contributed by atoms with Crippen molar-refractivity contribution in [3.05, 3.63) is 23.0 Å². The Labute approximate surface area is 138 Å². The second-order valence-electron chi connectivity index (χ2n) is 6.29. The molecule has 3 aliphatic rings. The fourth-order valence-corrected chi connectivity index (χ4v) is 5.07. The topological polar surface area (TPSA) is 107 Å². The van der Waals surface area contributed by atoms with Crippen LogP contribution in [0, 0.1) is 5.92 Å². The molecule has 0 bridgehead atoms. The van der Waals surface area contributed by atoms with Crippen molar-refractivity contribution in [2.45, 2.75) is 37.2 Å². The van der Waals surface area contributed by atoms with Gasteiger partial charge in [-0.3, -0.25) is 4.79 Å². The van der Waals surface area contributed by atoms with Gasteiger partial charge in [0.1, 0.15) is 5.70 Å². The minimum absolute atomic E-state index is 0.0897. The van der Waals surface area contributed by atoms with E-state index >= 15 is 0 Å². The lowest BCUT2D eigenvalue weighted by Gasteiger charge is -2.44. The van der Waals surface area contributed by atoms with Gasteiger partial charge in [0.15, 0.2) is 0 Å². The predicted octanol–water partition coefficient (Wildman–Crippen LogP) is 0.132. The molecule has 8 heteroatoms. The molecule has 0 aromatic carbocycles. The maximum atomic E-state index is 12.1. The van der Waals surface area contributed by atoms with Crippen LogP contribution >= 0.6 is 11.8 Å². The fourth-order valence-electron chi connectivity index (χ4n) is 3.62. The van der Waals surface area contributed by atoms with Gasteiger partial charge in [0.2, 0.25) is 5.91 Å². The maximum absolute atomic E-state index is 12.1. The number of hydrogen-bond donors (Lipinski definition) is 3. The molecule has 0 unspecified atom stereocenters. The molecule has 1 amide bonds. The molecular weight excluding hydrogens is 318 g/mol. The molecule has 4 atom stereocenters. The Kier molecular flexibility index (Phi) is 4.05. The summed E-state index contributed by atoms with van der Waals surface area (Å²) >= 11 is 1.52. The normalized spacial score (nSPS) is 31.2. The number of aliphatic hydroxyl groups excluding tert-OH is 1. The Morgan fingerprint density at radius 1 is 1.52 bits per heavy atom. The van der Waals surface area contributed by atoms with Crippen molar-refractivity contribution in [3.8, 4) is 0 Å². The van der Waals surface area contributed by atoms with Gasteiger partial charge in [0, 0.05) is 29.7 Å². The van der Waals surface area contributed by atoms with Gasteiger partial charge in [-0.25, -0.2) is 4.79 Å². The number of thioether (sulfide) groups is 1. The Hall–Kier alpha value is -1.67. The third-order valence-corrected chi connectivity index (χ3v) is 6.11. The van der Waals surface area contributed by atoms with E-state index in [9.17, 15) is 19.8 Å². The van der Waals surface area contributed by atoms with E-state index in [1.54, 1.807) is 6.92 Å². The second-order valence-corrected chi connectivity index (χ2v) is 7.68. The van der Waals surface area contributed by atoms with Crippen molar-refractivity contribution in [1.29, 1.82) is 0 Å². The highest BCUT2D eigenvalue weighted by atomic mass is 32.2. The summed E-state index contributed by atoms with van der Waals surface area (Å²) in [6.07, 6.45) is 0.648. The van der Waals surface area contributed by atoms with Gasteiger partial charge in [-0.05, 0) is 13.3 Å². The van der Waals surface area contributed by atoms with E-state index in [1.807, 2.05) is 4.90 Å². The third kappa shape index (κ3) is 2.59. The standard InChI is InChI=1S/C15H21N3O4S/c1-7(19)12-10-5-11(13(15(21)22)18(10)14(12)20)23-9-3-4-17(6-9)8(2)16/h7,9-10,12,19H,2-6,16H2,1H3,(H,21,22)/t7-,9+,10-,12-/m1/s1. The first-order valence-electron chi connectivity index (χ1n) is 7.64. The van der Waals surface area contributed by atoms with Gasteiger partial charge in [0.05, 0.1) is 23.9 Å². The van der Waals surface area contributed by atoms with Crippen LogP contribution in [-0.4, -0.2) is 62.4 Å². The molecule has 0 radical (unpaired) electrons. The van der Waals surface area contributed by atoms with Crippen molar-refractivity contribution in [2.75, 3.05) is 13.1 Å². The summed E-state index contributed by atoms with van der Waals surface area (Å²) in [4.78, 5) is 27.8. The lowest BCUT2D eigenvalue weighted by atomic mass is 9.83. The zero-order valence-corrected chi connectivity index (χ0v) is 13.8. The van der Waals surface area contributed by atoms with Gasteiger partial charge in [-0.1, -0.05) is 6.58 Å². The second kappa shape index (κ2) is 5.76. The van der Waals surface area contributed by atoms with E-state index in [0.29, 0.717) is 12.2 Å². The molecule has 0 spiro atoms. The summed E-state index contributed by atoms with van der Waals surface area (Å²) in [6.45, 7) is 6.85. The molecule has 0 saturated carbocycles. The highest BCUT2D eigenvalue weighted by molar-refractivity contribution is 8.03. The van der Waals surface area contributed by atoms with E-state index in [0.717, 1.165) is 24.4 Å². The summed E-state index contributed by atoms with van der Waals surface area (Å²) in [5, 5.41) is 19.5. The lowest BCUT2D eigenvalue weighted by molar-refractivity contribution is -0.161. The number of carbonyl (C=O) groups is 2. The molecule has 126 valence electrons. The van der Waals surface area contributed by atoms with Crippen LogP contribution in [0.5, 0.6) is 0 Å². The summed E-state index contributed by atoms with van der Waals surface area (Å²) < 4.78 is 0. The molecule has 3 aliphatic heterocycles. The number of amides is 1. The summed E-state index contributed by atoms with van der Waals surface area (Å²) in [5.41, 5.74) is 5.79. The van der Waals surface area contributed by atoms with Gasteiger partial charge in [0.25, 0.3) is 0 Å². The Balaban J connectivity index is 1.75. The molecule has 3 heterocycles. The van der Waals surface area contributed by atoms with Crippen molar-refractivity contribution < 1.29 is 19.8 Å². The smallest absolute Gasteiger partial charge is 0.353 e. The highest BCUT2D eigenvalue weighted by Gasteiger charge is 2.57. The van der Waals surface area contributed by atoms with Crippen molar-refractivity contribution >= 4 is 23.6 Å². The van der Waals surface area contributed by atoms with Gasteiger partial charge in [-0.15, -0.1) is 11.8 Å². The Bertz CT molecular complexity index is 604. The van der Waals surface area contributed by atoms with Crippen LogP contribution in [0.2, 0.25) is 0 Å². The number of carbonyl (C=O) groups excluding carboxylic acids is 1. The van der Waals surface area contributed by atoms with Crippen molar-refractivity contribution in [1.82, 2.24) is 9.80 Å². The molecule has 0 aromatic heterocycles. The minimum atomic E-state index is -1.08. The quantitative estimate of drug-likeness (QED) is 0.611. The largest absolute Gasteiger partial charge is 0.477 e. The Morgan fingerprint density at radius 3 is 2.74 bits per heavy atom. The van der Waals surface area contributed by atoms with Crippen LogP contribution in [0.25, 0.3) is 0 Å². The van der Waals surface area contributed by atoms with E-state index < -0.39 is 18.0 Å². The maximum Gasteiger partial charge on any atom is 0.353 e. The molecule has 2 saturated heterocycles. The zero-order valence-electron chi connectivity index (χ0n) is 12.9. The van der Waals surface area contributed by atoms with E-state index in [2.05, 4.69) is 6.58 Å². The fraction of sp³-hybridized carbons (Fsp3) is 0.600. The predicted molar refractivity (Wildman–Crippen MR) is 86.0 cm³/mol. The average Bonchev–Trinajstić information content (AvgIpc) is 3.02. The number of nitrogens with two attached hydrogens (primary N) is 1. The first kappa shape index (κ1) is 16.2. The molecule has 2 fully saturated rings. The average molecular weight is 339 g/mol. The summed E-state index contributed by atoms with van der Waals surface area (Å²) in [7, 11) is 0. The number of rotatable bonds is 5. The third-order valence-electron chi connectivity index (χ3n) is 4.75. The lowest BCUT2D eigenvalue weighted by Crippen LogP contribution is -2.61. The SMILES string of the molecule is C=C(N)N1CC[C@H](SC2=C(C(=O)O)N3C(=O)[C@H]([C@@H](C)O)[C@H]3C2)C1. The number of likely N-dealkylation sites (tertiary alicyclic amines) is 1. The van der Waals surface area contributed by atoms with Crippen molar-refractivity contribution in [3.63, 3.8) is 0 Å². The van der Waals surface area contributed by atoms with Crippen molar-refractivity contribution in [2.24, 2.45) is 11.7 Å². The Morgan fingerprint density at radius 2 is 2.22 bits per heavy atom. The van der Waals surface area contributed by atoms with E-state index in [1.165, 1.54) is 16.7 Å². The number of hydrogen-bond acceptors (Lipinski definition) is 6. The number of fused-ring (bicyclic) bond motifs is 1. The van der Waals surface area contributed by atoms with Gasteiger partial charge < -0.3 is 25.7 Å². The number of carboxylic acid groups (broad SMARTS) is 1. The van der Waals surface area contributed by atoms with Crippen LogP contribution in [0.15, 0.2) is 23.0 Å². The number of nitrogens with zero attached hydrogens (tertiary/aromatic N) is 2. The van der Waals surface area contributed by atoms with E-state index in [4.69, 9.17) is 5.73 Å². The molecule has 23 heavy (non-hydrogen) atoms. The number of aliphatic hydroxyl groups is 1. The minimum Gasteiger partial charge on any atom is -0.477 e. The van der Waals surface area contributed by atoms with Crippen LogP contribution in [0.1, 0.15) is 19.8 Å². The first-order chi connectivity index (χ1) is 10.8. The van der Waals surface area contributed by atoms with Crippen LogP contribution in [-0.2, 0) is 9.59 Å². The monoisotopic (exact) mass is 339 g/mol. The summed E-state index contributed by atoms with van der Waals surface area (Å²) in [6, 6.07) is -0.224. The van der Waals surface area contributed by atoms with E-state index in [-0.39, 0.29) is 22.9 Å². The first-order valence-corrected chi connectivity index (χ1v) is 8.52. The van der Waals surface area contributed by atoms with Crippen LogP contribution in [0.4, 0.5) is 0 Å².